The minimum atomic E-state index is -0.562. The normalized spacial score (nSPS) is 12.2. The van der Waals surface area contributed by atoms with Gasteiger partial charge in [0, 0.05) is 29.6 Å². The first-order valence-corrected chi connectivity index (χ1v) is 6.12. The van der Waals surface area contributed by atoms with Crippen LogP contribution in [0.25, 0.3) is 0 Å². The maximum absolute atomic E-state index is 9.98. The Morgan fingerprint density at radius 1 is 1.28 bits per heavy atom. The van der Waals surface area contributed by atoms with E-state index in [0.29, 0.717) is 6.54 Å². The molecule has 18 heavy (non-hydrogen) atoms. The molecule has 3 nitrogen and oxygen atoms in total. The van der Waals surface area contributed by atoms with Crippen molar-refractivity contribution in [1.29, 1.82) is 0 Å². The van der Waals surface area contributed by atoms with Crippen LogP contribution < -0.4 is 5.32 Å². The fourth-order valence-electron chi connectivity index (χ4n) is 1.62. The monoisotopic (exact) mass is 262 g/mol. The maximum Gasteiger partial charge on any atom is 0.0963 e. The molecular formula is C14H15ClN2O. The Morgan fingerprint density at radius 2 is 2.00 bits per heavy atom. The predicted molar refractivity (Wildman–Crippen MR) is 73.9 cm³/mol. The lowest BCUT2D eigenvalue weighted by Crippen LogP contribution is -2.12. The number of aromatic nitrogens is 1. The second-order valence-electron chi connectivity index (χ2n) is 4.14. The molecule has 1 aromatic carbocycles. The molecule has 0 aliphatic heterocycles. The SMILES string of the molecule is Cc1ccc(NCC(O)c2ccncc2)cc1Cl. The zero-order chi connectivity index (χ0) is 13.0. The highest BCUT2D eigenvalue weighted by Gasteiger charge is 2.06. The van der Waals surface area contributed by atoms with E-state index < -0.39 is 6.10 Å². The summed E-state index contributed by atoms with van der Waals surface area (Å²) >= 11 is 6.04. The highest BCUT2D eigenvalue weighted by atomic mass is 35.5. The van der Waals surface area contributed by atoms with Crippen molar-refractivity contribution in [2.24, 2.45) is 0 Å². The van der Waals surface area contributed by atoms with Crippen LogP contribution >= 0.6 is 11.6 Å². The summed E-state index contributed by atoms with van der Waals surface area (Å²) in [6, 6.07) is 9.35. The summed E-state index contributed by atoms with van der Waals surface area (Å²) in [5, 5.41) is 13.9. The highest BCUT2D eigenvalue weighted by molar-refractivity contribution is 6.31. The number of benzene rings is 1. The maximum atomic E-state index is 9.98. The number of halogens is 1. The average molecular weight is 263 g/mol. The largest absolute Gasteiger partial charge is 0.387 e. The van der Waals surface area contributed by atoms with Gasteiger partial charge in [-0.2, -0.15) is 0 Å². The van der Waals surface area contributed by atoms with Crippen molar-refractivity contribution in [2.45, 2.75) is 13.0 Å². The minimum Gasteiger partial charge on any atom is -0.387 e. The Labute approximate surface area is 111 Å². The molecule has 94 valence electrons. The van der Waals surface area contributed by atoms with Gasteiger partial charge in [-0.05, 0) is 42.3 Å². The molecule has 0 spiro atoms. The van der Waals surface area contributed by atoms with Crippen molar-refractivity contribution < 1.29 is 5.11 Å². The molecule has 0 saturated carbocycles. The molecule has 0 aliphatic carbocycles. The number of anilines is 1. The molecule has 1 atom stereocenters. The number of hydrogen-bond donors (Lipinski definition) is 2. The summed E-state index contributed by atoms with van der Waals surface area (Å²) in [5.41, 5.74) is 2.78. The lowest BCUT2D eigenvalue weighted by molar-refractivity contribution is 0.191. The van der Waals surface area contributed by atoms with Crippen molar-refractivity contribution in [1.82, 2.24) is 4.98 Å². The van der Waals surface area contributed by atoms with Crippen LogP contribution in [-0.2, 0) is 0 Å². The third-order valence-corrected chi connectivity index (χ3v) is 3.17. The van der Waals surface area contributed by atoms with Crippen LogP contribution in [0, 0.1) is 6.92 Å². The summed E-state index contributed by atoms with van der Waals surface area (Å²) < 4.78 is 0. The lowest BCUT2D eigenvalue weighted by Gasteiger charge is -2.13. The van der Waals surface area contributed by atoms with Gasteiger partial charge >= 0.3 is 0 Å². The molecule has 2 rings (SSSR count). The molecule has 0 fully saturated rings. The molecule has 1 aromatic heterocycles. The number of aliphatic hydroxyl groups is 1. The van der Waals surface area contributed by atoms with E-state index in [2.05, 4.69) is 10.3 Å². The van der Waals surface area contributed by atoms with Gasteiger partial charge in [-0.1, -0.05) is 17.7 Å². The van der Waals surface area contributed by atoms with Gasteiger partial charge < -0.3 is 10.4 Å². The summed E-state index contributed by atoms with van der Waals surface area (Å²) in [6.07, 6.45) is 2.77. The van der Waals surface area contributed by atoms with Gasteiger partial charge in [0.15, 0.2) is 0 Å². The van der Waals surface area contributed by atoms with Crippen molar-refractivity contribution in [3.8, 4) is 0 Å². The zero-order valence-corrected chi connectivity index (χ0v) is 10.9. The number of pyridine rings is 1. The summed E-state index contributed by atoms with van der Waals surface area (Å²) in [6.45, 7) is 2.39. The van der Waals surface area contributed by atoms with Crippen LogP contribution in [0.3, 0.4) is 0 Å². The van der Waals surface area contributed by atoms with Gasteiger partial charge in [-0.15, -0.1) is 0 Å². The Kier molecular flexibility index (Phi) is 4.18. The number of nitrogens with one attached hydrogen (secondary N) is 1. The van der Waals surface area contributed by atoms with Gasteiger partial charge in [0.2, 0.25) is 0 Å². The lowest BCUT2D eigenvalue weighted by atomic mass is 10.1. The van der Waals surface area contributed by atoms with E-state index in [1.54, 1.807) is 24.5 Å². The first-order chi connectivity index (χ1) is 8.66. The summed E-state index contributed by atoms with van der Waals surface area (Å²) in [5.74, 6) is 0. The number of nitrogens with zero attached hydrogens (tertiary/aromatic N) is 1. The molecule has 0 aliphatic rings. The Morgan fingerprint density at radius 3 is 2.67 bits per heavy atom. The third-order valence-electron chi connectivity index (χ3n) is 2.76. The molecule has 1 unspecified atom stereocenters. The fourth-order valence-corrected chi connectivity index (χ4v) is 1.80. The number of hydrogen-bond acceptors (Lipinski definition) is 3. The number of aliphatic hydroxyl groups excluding tert-OH is 1. The predicted octanol–water partition coefficient (Wildman–Crippen LogP) is 3.19. The van der Waals surface area contributed by atoms with Crippen LogP contribution in [0.15, 0.2) is 42.7 Å². The van der Waals surface area contributed by atoms with Crippen molar-refractivity contribution in [3.63, 3.8) is 0 Å². The molecule has 2 N–H and O–H groups in total. The van der Waals surface area contributed by atoms with E-state index in [-0.39, 0.29) is 0 Å². The third kappa shape index (κ3) is 3.22. The zero-order valence-electron chi connectivity index (χ0n) is 10.1. The highest BCUT2D eigenvalue weighted by Crippen LogP contribution is 2.21. The fraction of sp³-hybridized carbons (Fsp3) is 0.214. The van der Waals surface area contributed by atoms with Crippen molar-refractivity contribution in [3.05, 3.63) is 58.9 Å². The van der Waals surface area contributed by atoms with Crippen LogP contribution in [0.1, 0.15) is 17.2 Å². The van der Waals surface area contributed by atoms with Crippen molar-refractivity contribution in [2.75, 3.05) is 11.9 Å². The molecule has 0 bridgehead atoms. The first-order valence-electron chi connectivity index (χ1n) is 5.75. The first kappa shape index (κ1) is 12.9. The van der Waals surface area contributed by atoms with E-state index >= 15 is 0 Å². The number of aryl methyl sites for hydroxylation is 1. The standard InChI is InChI=1S/C14H15ClN2O/c1-10-2-3-12(8-13(10)15)17-9-14(18)11-4-6-16-7-5-11/h2-8,14,17-18H,9H2,1H3. The molecule has 2 aromatic rings. The molecular weight excluding hydrogens is 248 g/mol. The van der Waals surface area contributed by atoms with E-state index in [1.165, 1.54) is 0 Å². The quantitative estimate of drug-likeness (QED) is 0.890. The van der Waals surface area contributed by atoms with Gasteiger partial charge in [0.25, 0.3) is 0 Å². The molecule has 4 heteroatoms. The molecule has 0 radical (unpaired) electrons. The minimum absolute atomic E-state index is 0.434. The topological polar surface area (TPSA) is 45.1 Å². The van der Waals surface area contributed by atoms with Crippen LogP contribution in [-0.4, -0.2) is 16.6 Å². The second-order valence-corrected chi connectivity index (χ2v) is 4.55. The van der Waals surface area contributed by atoms with Crippen LogP contribution in [0.5, 0.6) is 0 Å². The van der Waals surface area contributed by atoms with Gasteiger partial charge in [-0.3, -0.25) is 4.98 Å². The smallest absolute Gasteiger partial charge is 0.0963 e. The summed E-state index contributed by atoms with van der Waals surface area (Å²) in [4.78, 5) is 3.92. The summed E-state index contributed by atoms with van der Waals surface area (Å²) in [7, 11) is 0. The van der Waals surface area contributed by atoms with Crippen LogP contribution in [0.2, 0.25) is 5.02 Å². The molecule has 1 heterocycles. The van der Waals surface area contributed by atoms with E-state index in [9.17, 15) is 5.11 Å². The van der Waals surface area contributed by atoms with Gasteiger partial charge in [-0.25, -0.2) is 0 Å². The Hall–Kier alpha value is -1.58. The molecule has 0 amide bonds. The van der Waals surface area contributed by atoms with E-state index in [0.717, 1.165) is 21.8 Å². The Bertz CT molecular complexity index is 516. The second kappa shape index (κ2) is 5.85. The van der Waals surface area contributed by atoms with Gasteiger partial charge in [0.1, 0.15) is 0 Å². The number of rotatable bonds is 4. The van der Waals surface area contributed by atoms with E-state index in [1.807, 2.05) is 25.1 Å². The molecule has 0 saturated heterocycles. The van der Waals surface area contributed by atoms with Gasteiger partial charge in [0.05, 0.1) is 6.10 Å². The average Bonchev–Trinajstić information content (AvgIpc) is 2.41. The van der Waals surface area contributed by atoms with Crippen LogP contribution in [0.4, 0.5) is 5.69 Å². The Balaban J connectivity index is 1.97. The van der Waals surface area contributed by atoms with E-state index in [4.69, 9.17) is 11.6 Å². The van der Waals surface area contributed by atoms with Crippen molar-refractivity contribution >= 4 is 17.3 Å².